The van der Waals surface area contributed by atoms with Crippen molar-refractivity contribution in [2.24, 2.45) is 4.99 Å². The van der Waals surface area contributed by atoms with Gasteiger partial charge in [0.1, 0.15) is 11.6 Å². The predicted molar refractivity (Wildman–Crippen MR) is 169 cm³/mol. The number of hydrogen-bond acceptors (Lipinski definition) is 5. The number of benzene rings is 3. The van der Waals surface area contributed by atoms with Crippen molar-refractivity contribution < 1.29 is 9.13 Å². The summed E-state index contributed by atoms with van der Waals surface area (Å²) in [6.45, 7) is 2.18. The first-order valence-corrected chi connectivity index (χ1v) is 14.3. The molecule has 2 N–H and O–H groups in total. The summed E-state index contributed by atoms with van der Waals surface area (Å²) in [6.07, 6.45) is 6.50. The standard InChI is InChI=1S/C36H30FN5O/c1-43-29-14-25(13-28(37)16-29)30-8-5-9-34-31(30)17-35(42-34)36-32-15-27(22-41-33(32)10-11-40-36)26-12-24(20-39-21-26)19-38-18-23-6-3-2-4-7-23/h2-9,12-17,20-22,38,42H,10-11,18-19H2,1H3. The van der Waals surface area contributed by atoms with E-state index in [2.05, 4.69) is 57.7 Å². The Morgan fingerprint density at radius 2 is 1.67 bits per heavy atom. The van der Waals surface area contributed by atoms with Crippen LogP contribution in [-0.4, -0.2) is 34.3 Å². The second-order valence-corrected chi connectivity index (χ2v) is 10.7. The van der Waals surface area contributed by atoms with Crippen molar-refractivity contribution in [2.75, 3.05) is 13.7 Å². The number of pyridine rings is 2. The van der Waals surface area contributed by atoms with E-state index in [-0.39, 0.29) is 5.82 Å². The molecule has 0 atom stereocenters. The lowest BCUT2D eigenvalue weighted by Gasteiger charge is -2.17. The fourth-order valence-corrected chi connectivity index (χ4v) is 5.70. The van der Waals surface area contributed by atoms with E-state index in [4.69, 9.17) is 14.7 Å². The van der Waals surface area contributed by atoms with Crippen LogP contribution in [0, 0.1) is 5.82 Å². The topological polar surface area (TPSA) is 75.2 Å². The Bertz CT molecular complexity index is 1960. The molecule has 212 valence electrons. The Morgan fingerprint density at radius 1 is 0.814 bits per heavy atom. The third kappa shape index (κ3) is 5.55. The molecule has 0 aliphatic carbocycles. The number of nitrogens with one attached hydrogen (secondary N) is 2. The van der Waals surface area contributed by atoms with Gasteiger partial charge in [-0.25, -0.2) is 4.39 Å². The van der Waals surface area contributed by atoms with Crippen molar-refractivity contribution >= 4 is 16.6 Å². The number of rotatable bonds is 8. The van der Waals surface area contributed by atoms with Crippen molar-refractivity contribution in [3.8, 4) is 28.0 Å². The number of aliphatic imine (C=N–C) groups is 1. The molecule has 7 heteroatoms. The molecule has 0 radical (unpaired) electrons. The molecule has 3 aromatic carbocycles. The molecule has 6 nitrogen and oxygen atoms in total. The van der Waals surface area contributed by atoms with Crippen molar-refractivity contribution in [1.82, 2.24) is 20.3 Å². The third-order valence-corrected chi connectivity index (χ3v) is 7.81. The summed E-state index contributed by atoms with van der Waals surface area (Å²) >= 11 is 0. The van der Waals surface area contributed by atoms with Crippen LogP contribution in [0.1, 0.15) is 28.1 Å². The molecule has 1 aliphatic heterocycles. The molecule has 0 unspecified atom stereocenters. The molecule has 43 heavy (non-hydrogen) atoms. The molecular formula is C36H30FN5O. The highest BCUT2D eigenvalue weighted by atomic mass is 19.1. The largest absolute Gasteiger partial charge is 0.497 e. The summed E-state index contributed by atoms with van der Waals surface area (Å²) in [5.41, 5.74) is 10.8. The van der Waals surface area contributed by atoms with Gasteiger partial charge in [0, 0.05) is 78.3 Å². The van der Waals surface area contributed by atoms with Crippen LogP contribution >= 0.6 is 0 Å². The summed E-state index contributed by atoms with van der Waals surface area (Å²) in [5.74, 6) is 0.148. The molecule has 0 amide bonds. The Hall–Kier alpha value is -5.14. The first-order chi connectivity index (χ1) is 21.1. The summed E-state index contributed by atoms with van der Waals surface area (Å²) in [7, 11) is 1.55. The fraction of sp³-hybridized carbons (Fsp3) is 0.139. The van der Waals surface area contributed by atoms with Gasteiger partial charge >= 0.3 is 0 Å². The quantitative estimate of drug-likeness (QED) is 0.205. The van der Waals surface area contributed by atoms with E-state index in [9.17, 15) is 4.39 Å². The maximum atomic E-state index is 14.4. The first kappa shape index (κ1) is 26.7. The van der Waals surface area contributed by atoms with Gasteiger partial charge in [-0.3, -0.25) is 15.0 Å². The molecule has 0 bridgehead atoms. The number of hydrogen-bond donors (Lipinski definition) is 2. The number of methoxy groups -OCH3 is 1. The molecule has 4 heterocycles. The summed E-state index contributed by atoms with van der Waals surface area (Å²) in [5, 5.41) is 4.50. The number of fused-ring (bicyclic) bond motifs is 2. The minimum absolute atomic E-state index is 0.336. The Morgan fingerprint density at radius 3 is 2.56 bits per heavy atom. The van der Waals surface area contributed by atoms with Crippen LogP contribution < -0.4 is 10.1 Å². The molecule has 0 spiro atoms. The maximum Gasteiger partial charge on any atom is 0.127 e. The first-order valence-electron chi connectivity index (χ1n) is 14.3. The second-order valence-electron chi connectivity index (χ2n) is 10.7. The van der Waals surface area contributed by atoms with Gasteiger partial charge in [0.25, 0.3) is 0 Å². The SMILES string of the molecule is COc1cc(F)cc(-c2cccc3[nH]c(C4=NCCc5ncc(-c6cncc(CNCc7ccccc7)c6)cc54)cc23)c1. The highest BCUT2D eigenvalue weighted by Crippen LogP contribution is 2.34. The highest BCUT2D eigenvalue weighted by molar-refractivity contribution is 6.16. The average Bonchev–Trinajstić information content (AvgIpc) is 3.49. The van der Waals surface area contributed by atoms with Crippen molar-refractivity contribution in [2.45, 2.75) is 19.5 Å². The van der Waals surface area contributed by atoms with Crippen molar-refractivity contribution in [3.05, 3.63) is 137 Å². The average molecular weight is 568 g/mol. The van der Waals surface area contributed by atoms with Crippen molar-refractivity contribution in [1.29, 1.82) is 0 Å². The normalized spacial score (nSPS) is 12.7. The molecule has 0 fully saturated rings. The predicted octanol–water partition coefficient (Wildman–Crippen LogP) is 7.12. The number of aromatic amines is 1. The second kappa shape index (κ2) is 11.6. The third-order valence-electron chi connectivity index (χ3n) is 7.81. The van der Waals surface area contributed by atoms with Gasteiger partial charge in [0.05, 0.1) is 24.2 Å². The van der Waals surface area contributed by atoms with E-state index in [1.165, 1.54) is 17.7 Å². The van der Waals surface area contributed by atoms with Gasteiger partial charge in [-0.05, 0) is 58.7 Å². The van der Waals surface area contributed by atoms with Crippen LogP contribution in [0.4, 0.5) is 4.39 Å². The minimum Gasteiger partial charge on any atom is -0.497 e. The Kier molecular flexibility index (Phi) is 7.23. The van der Waals surface area contributed by atoms with E-state index < -0.39 is 0 Å². The van der Waals surface area contributed by atoms with Gasteiger partial charge < -0.3 is 15.0 Å². The molecule has 0 saturated carbocycles. The Balaban J connectivity index is 1.19. The Labute approximate surface area is 249 Å². The lowest BCUT2D eigenvalue weighted by molar-refractivity contribution is 0.411. The zero-order chi connectivity index (χ0) is 29.2. The molecule has 6 aromatic rings. The van der Waals surface area contributed by atoms with E-state index in [1.54, 1.807) is 7.11 Å². The zero-order valence-electron chi connectivity index (χ0n) is 23.8. The monoisotopic (exact) mass is 567 g/mol. The lowest BCUT2D eigenvalue weighted by atomic mass is 9.96. The summed E-state index contributed by atoms with van der Waals surface area (Å²) in [4.78, 5) is 17.9. The van der Waals surface area contributed by atoms with Gasteiger partial charge in [-0.15, -0.1) is 0 Å². The van der Waals surface area contributed by atoms with E-state index in [0.717, 1.165) is 80.9 Å². The van der Waals surface area contributed by atoms with Crippen LogP contribution in [0.3, 0.4) is 0 Å². The van der Waals surface area contributed by atoms with E-state index in [0.29, 0.717) is 12.3 Å². The smallest absolute Gasteiger partial charge is 0.127 e. The van der Waals surface area contributed by atoms with Gasteiger partial charge in [0.2, 0.25) is 0 Å². The molecule has 3 aromatic heterocycles. The number of aromatic nitrogens is 3. The minimum atomic E-state index is -0.336. The van der Waals surface area contributed by atoms with Crippen LogP contribution in [-0.2, 0) is 19.5 Å². The number of ether oxygens (including phenoxy) is 1. The zero-order valence-corrected chi connectivity index (χ0v) is 23.8. The summed E-state index contributed by atoms with van der Waals surface area (Å²) in [6, 6.07) is 27.6. The highest BCUT2D eigenvalue weighted by Gasteiger charge is 2.21. The van der Waals surface area contributed by atoms with Crippen LogP contribution in [0.2, 0.25) is 0 Å². The molecular weight excluding hydrogens is 537 g/mol. The molecule has 1 aliphatic rings. The van der Waals surface area contributed by atoms with Crippen LogP contribution in [0.25, 0.3) is 33.2 Å². The van der Waals surface area contributed by atoms with Crippen LogP contribution in [0.5, 0.6) is 5.75 Å². The van der Waals surface area contributed by atoms with Gasteiger partial charge in [0.15, 0.2) is 0 Å². The number of nitrogens with zero attached hydrogens (tertiary/aromatic N) is 3. The lowest BCUT2D eigenvalue weighted by Crippen LogP contribution is -2.16. The van der Waals surface area contributed by atoms with Crippen molar-refractivity contribution in [3.63, 3.8) is 0 Å². The van der Waals surface area contributed by atoms with Crippen LogP contribution in [0.15, 0.2) is 109 Å². The van der Waals surface area contributed by atoms with E-state index in [1.807, 2.05) is 48.9 Å². The van der Waals surface area contributed by atoms with E-state index >= 15 is 0 Å². The number of H-pyrrole nitrogens is 1. The molecule has 7 rings (SSSR count). The molecule has 0 saturated heterocycles. The van der Waals surface area contributed by atoms with Gasteiger partial charge in [-0.1, -0.05) is 42.5 Å². The van der Waals surface area contributed by atoms with Gasteiger partial charge in [-0.2, -0.15) is 0 Å². The summed E-state index contributed by atoms with van der Waals surface area (Å²) < 4.78 is 19.7. The fourth-order valence-electron chi connectivity index (χ4n) is 5.70. The number of halogens is 1. The maximum absolute atomic E-state index is 14.4.